The summed E-state index contributed by atoms with van der Waals surface area (Å²) in [6.07, 6.45) is 45.4. The standard InChI is InChI=1S/C43H76NO8P/c1-3-5-7-9-11-13-15-17-19-20-22-23-25-27-29-31-33-35-42(45)49-39-41(40-51-53(47,48)50-38-37-44)52-43(46)36-34-32-30-28-26-24-21-18-16-14-12-10-8-6-4-2/h11,13,17,19,22-24,26-27,29,41H,3-10,12,14-16,18,20-21,25,28,30-40,44H2,1-2H3,(H,47,48)/b13-11+,19-17+,23-22+,26-24+,29-27+/t41-/m1/s1. The Morgan fingerprint density at radius 1 is 0.566 bits per heavy atom. The van der Waals surface area contributed by atoms with Crippen molar-refractivity contribution < 1.29 is 37.6 Å². The summed E-state index contributed by atoms with van der Waals surface area (Å²) >= 11 is 0. The third-order valence-electron chi connectivity index (χ3n) is 8.38. The zero-order valence-corrected chi connectivity index (χ0v) is 34.4. The zero-order chi connectivity index (χ0) is 38.9. The predicted molar refractivity (Wildman–Crippen MR) is 219 cm³/mol. The Balaban J connectivity index is 4.31. The first-order valence-corrected chi connectivity index (χ1v) is 22.3. The number of ether oxygens (including phenoxy) is 2. The second-order valence-electron chi connectivity index (χ2n) is 13.5. The molecule has 0 rings (SSSR count). The molecule has 0 aromatic rings. The van der Waals surface area contributed by atoms with Crippen molar-refractivity contribution in [3.8, 4) is 0 Å². The quantitative estimate of drug-likeness (QED) is 0.0272. The summed E-state index contributed by atoms with van der Waals surface area (Å²) in [7, 11) is -4.39. The van der Waals surface area contributed by atoms with Crippen LogP contribution in [0.15, 0.2) is 60.8 Å². The Morgan fingerprint density at radius 3 is 1.57 bits per heavy atom. The predicted octanol–water partition coefficient (Wildman–Crippen LogP) is 11.7. The van der Waals surface area contributed by atoms with Gasteiger partial charge in [-0.1, -0.05) is 139 Å². The van der Waals surface area contributed by atoms with Gasteiger partial charge in [-0.3, -0.25) is 18.6 Å². The van der Waals surface area contributed by atoms with E-state index in [0.717, 1.165) is 51.4 Å². The van der Waals surface area contributed by atoms with E-state index in [1.165, 1.54) is 77.0 Å². The van der Waals surface area contributed by atoms with E-state index in [-0.39, 0.29) is 32.6 Å². The molecule has 0 aliphatic rings. The van der Waals surface area contributed by atoms with Crippen LogP contribution in [0.1, 0.15) is 168 Å². The fourth-order valence-electron chi connectivity index (χ4n) is 5.27. The molecule has 9 nitrogen and oxygen atoms in total. The van der Waals surface area contributed by atoms with Crippen LogP contribution in [0.4, 0.5) is 0 Å². The van der Waals surface area contributed by atoms with Crippen molar-refractivity contribution in [1.82, 2.24) is 0 Å². The van der Waals surface area contributed by atoms with E-state index in [4.69, 9.17) is 24.3 Å². The molecule has 10 heteroatoms. The lowest BCUT2D eigenvalue weighted by atomic mass is 10.1. The van der Waals surface area contributed by atoms with E-state index in [2.05, 4.69) is 68.5 Å². The van der Waals surface area contributed by atoms with Gasteiger partial charge in [-0.05, 0) is 77.0 Å². The first-order chi connectivity index (χ1) is 25.8. The number of hydrogen-bond acceptors (Lipinski definition) is 8. The first kappa shape index (κ1) is 50.7. The highest BCUT2D eigenvalue weighted by Crippen LogP contribution is 2.43. The number of phosphoric acid groups is 1. The van der Waals surface area contributed by atoms with Crippen molar-refractivity contribution >= 4 is 19.8 Å². The van der Waals surface area contributed by atoms with E-state index in [1.54, 1.807) is 0 Å². The minimum Gasteiger partial charge on any atom is -0.462 e. The summed E-state index contributed by atoms with van der Waals surface area (Å²) in [5, 5.41) is 0. The van der Waals surface area contributed by atoms with Gasteiger partial charge in [0.15, 0.2) is 6.10 Å². The maximum absolute atomic E-state index is 12.5. The minimum absolute atomic E-state index is 0.0417. The molecule has 0 aliphatic carbocycles. The van der Waals surface area contributed by atoms with Crippen molar-refractivity contribution in [2.45, 2.75) is 174 Å². The van der Waals surface area contributed by atoms with Gasteiger partial charge in [0.25, 0.3) is 0 Å². The molecule has 0 fully saturated rings. The molecule has 2 atom stereocenters. The van der Waals surface area contributed by atoms with E-state index in [1.807, 2.05) is 6.08 Å². The van der Waals surface area contributed by atoms with E-state index in [0.29, 0.717) is 12.8 Å². The zero-order valence-electron chi connectivity index (χ0n) is 33.5. The van der Waals surface area contributed by atoms with Crippen molar-refractivity contribution in [2.75, 3.05) is 26.4 Å². The average molecular weight is 766 g/mol. The van der Waals surface area contributed by atoms with Crippen LogP contribution < -0.4 is 5.73 Å². The van der Waals surface area contributed by atoms with Gasteiger partial charge in [0.05, 0.1) is 13.2 Å². The van der Waals surface area contributed by atoms with Gasteiger partial charge in [0.2, 0.25) is 0 Å². The molecular formula is C43H76NO8P. The summed E-state index contributed by atoms with van der Waals surface area (Å²) in [5.41, 5.74) is 5.33. The molecule has 0 saturated heterocycles. The average Bonchev–Trinajstić information content (AvgIpc) is 3.14. The van der Waals surface area contributed by atoms with E-state index in [9.17, 15) is 19.0 Å². The number of rotatable bonds is 38. The number of unbranched alkanes of at least 4 members (excludes halogenated alkanes) is 15. The number of phosphoric ester groups is 1. The summed E-state index contributed by atoms with van der Waals surface area (Å²) < 4.78 is 32.6. The highest BCUT2D eigenvalue weighted by molar-refractivity contribution is 7.47. The molecule has 306 valence electrons. The highest BCUT2D eigenvalue weighted by Gasteiger charge is 2.25. The molecule has 0 radical (unpaired) electrons. The maximum atomic E-state index is 12.5. The largest absolute Gasteiger partial charge is 0.472 e. The molecule has 3 N–H and O–H groups in total. The van der Waals surface area contributed by atoms with Crippen molar-refractivity contribution in [3.63, 3.8) is 0 Å². The van der Waals surface area contributed by atoms with E-state index >= 15 is 0 Å². The van der Waals surface area contributed by atoms with Gasteiger partial charge in [-0.15, -0.1) is 0 Å². The van der Waals surface area contributed by atoms with Gasteiger partial charge in [0, 0.05) is 19.4 Å². The molecule has 0 amide bonds. The van der Waals surface area contributed by atoms with Gasteiger partial charge >= 0.3 is 19.8 Å². The van der Waals surface area contributed by atoms with Gasteiger partial charge in [-0.2, -0.15) is 0 Å². The summed E-state index contributed by atoms with van der Waals surface area (Å²) in [6.45, 7) is 3.61. The fourth-order valence-corrected chi connectivity index (χ4v) is 6.03. The number of allylic oxidation sites excluding steroid dienone is 10. The van der Waals surface area contributed by atoms with Crippen LogP contribution >= 0.6 is 7.82 Å². The second kappa shape index (κ2) is 39.4. The van der Waals surface area contributed by atoms with Gasteiger partial charge < -0.3 is 20.1 Å². The topological polar surface area (TPSA) is 134 Å². The van der Waals surface area contributed by atoms with Crippen LogP contribution in [0.5, 0.6) is 0 Å². The number of carbonyl (C=O) groups is 2. The van der Waals surface area contributed by atoms with Crippen LogP contribution in [0, 0.1) is 0 Å². The van der Waals surface area contributed by atoms with Crippen LogP contribution in [0.25, 0.3) is 0 Å². The molecule has 0 aliphatic heterocycles. The lowest BCUT2D eigenvalue weighted by molar-refractivity contribution is -0.161. The van der Waals surface area contributed by atoms with Crippen molar-refractivity contribution in [3.05, 3.63) is 60.8 Å². The highest BCUT2D eigenvalue weighted by atomic mass is 31.2. The lowest BCUT2D eigenvalue weighted by Gasteiger charge is -2.19. The Bertz CT molecular complexity index is 1050. The SMILES string of the molecule is CCCCC/C=C/C/C=C/C/C=C/C/C=C/CCCC(=O)OC[C@H](COP(=O)(O)OCCN)OC(=O)CCCCC/C=C/CCCCCCCCCC. The summed E-state index contributed by atoms with van der Waals surface area (Å²) in [4.78, 5) is 34.8. The molecule has 1 unspecified atom stereocenters. The minimum atomic E-state index is -4.39. The van der Waals surface area contributed by atoms with Crippen molar-refractivity contribution in [2.24, 2.45) is 5.73 Å². The number of carbonyl (C=O) groups excluding carboxylic acids is 2. The van der Waals surface area contributed by atoms with Crippen LogP contribution in [0.3, 0.4) is 0 Å². The molecule has 0 heterocycles. The molecule has 53 heavy (non-hydrogen) atoms. The molecule has 0 saturated carbocycles. The molecule has 0 spiro atoms. The molecule has 0 bridgehead atoms. The molecular weight excluding hydrogens is 689 g/mol. The maximum Gasteiger partial charge on any atom is 0.472 e. The molecule has 0 aromatic carbocycles. The third kappa shape index (κ3) is 39.2. The Hall–Kier alpha value is -2.29. The fraction of sp³-hybridized carbons (Fsp3) is 0.721. The van der Waals surface area contributed by atoms with Gasteiger partial charge in [-0.25, -0.2) is 4.57 Å². The molecule has 0 aromatic heterocycles. The van der Waals surface area contributed by atoms with E-state index < -0.39 is 32.5 Å². The number of hydrogen-bond donors (Lipinski definition) is 2. The first-order valence-electron chi connectivity index (χ1n) is 20.8. The number of esters is 2. The van der Waals surface area contributed by atoms with Crippen LogP contribution in [0.2, 0.25) is 0 Å². The normalized spacial score (nSPS) is 14.0. The Labute approximate surface area is 323 Å². The summed E-state index contributed by atoms with van der Waals surface area (Å²) in [5.74, 6) is -0.917. The Kier molecular flexibility index (Phi) is 37.7. The monoisotopic (exact) mass is 766 g/mol. The Morgan fingerprint density at radius 2 is 1.00 bits per heavy atom. The van der Waals surface area contributed by atoms with Crippen LogP contribution in [-0.2, 0) is 32.7 Å². The van der Waals surface area contributed by atoms with Crippen LogP contribution in [-0.4, -0.2) is 49.3 Å². The van der Waals surface area contributed by atoms with Crippen molar-refractivity contribution in [1.29, 1.82) is 0 Å². The summed E-state index contributed by atoms with van der Waals surface area (Å²) in [6, 6.07) is 0. The third-order valence-corrected chi connectivity index (χ3v) is 9.36. The smallest absolute Gasteiger partial charge is 0.462 e. The second-order valence-corrected chi connectivity index (χ2v) is 14.9. The lowest BCUT2D eigenvalue weighted by Crippen LogP contribution is -2.29. The number of nitrogens with two attached hydrogens (primary N) is 1. The van der Waals surface area contributed by atoms with Gasteiger partial charge in [0.1, 0.15) is 6.61 Å².